The molecule has 0 aliphatic heterocycles. The molecule has 5 heteroatoms. The van der Waals surface area contributed by atoms with E-state index in [2.05, 4.69) is 22.5 Å². The number of carbonyl (C=O) groups excluding carboxylic acids is 1. The van der Waals surface area contributed by atoms with Crippen molar-refractivity contribution in [1.82, 2.24) is 10.6 Å². The van der Waals surface area contributed by atoms with Gasteiger partial charge in [-0.05, 0) is 27.2 Å². The summed E-state index contributed by atoms with van der Waals surface area (Å²) in [5, 5.41) is 5.84. The Morgan fingerprint density at radius 1 is 1.22 bits per heavy atom. The average Bonchev–Trinajstić information content (AvgIpc) is 2.24. The van der Waals surface area contributed by atoms with E-state index in [-0.39, 0.29) is 18.0 Å². The molecule has 0 heterocycles. The van der Waals surface area contributed by atoms with Gasteiger partial charge in [0, 0.05) is 12.1 Å². The van der Waals surface area contributed by atoms with Crippen LogP contribution in [0.25, 0.3) is 0 Å². The van der Waals surface area contributed by atoms with Crippen LogP contribution in [-0.4, -0.2) is 30.5 Å². The van der Waals surface area contributed by atoms with Crippen molar-refractivity contribution in [3.8, 4) is 0 Å². The summed E-state index contributed by atoms with van der Waals surface area (Å²) >= 11 is 0. The highest BCUT2D eigenvalue weighted by molar-refractivity contribution is 5.84. The van der Waals surface area contributed by atoms with Crippen LogP contribution >= 0.6 is 0 Å². The zero-order valence-electron chi connectivity index (χ0n) is 12.2. The summed E-state index contributed by atoms with van der Waals surface area (Å²) in [6.45, 7) is 8.87. The molecule has 0 aromatic heterocycles. The van der Waals surface area contributed by atoms with Crippen LogP contribution in [0.2, 0.25) is 0 Å². The molecule has 0 unspecified atom stereocenters. The fourth-order valence-corrected chi connectivity index (χ4v) is 1.44. The molecule has 0 aliphatic carbocycles. The maximum Gasteiger partial charge on any atom is 0.242 e. The van der Waals surface area contributed by atoms with Crippen LogP contribution in [-0.2, 0) is 4.79 Å². The number of rotatable bonds is 7. The van der Waals surface area contributed by atoms with E-state index in [4.69, 9.17) is 5.73 Å². The molecule has 0 fully saturated rings. The van der Waals surface area contributed by atoms with Gasteiger partial charge in [-0.1, -0.05) is 26.2 Å². The molecule has 5 nitrogen and oxygen atoms in total. The van der Waals surface area contributed by atoms with Crippen LogP contribution in [0.5, 0.6) is 0 Å². The van der Waals surface area contributed by atoms with Crippen molar-refractivity contribution in [3.05, 3.63) is 0 Å². The van der Waals surface area contributed by atoms with Crippen molar-refractivity contribution < 1.29 is 4.79 Å². The van der Waals surface area contributed by atoms with E-state index >= 15 is 0 Å². The SMILES string of the molecule is CCCCCCNC(N)=NCC(=O)NC(C)(C)C. The number of unbranched alkanes of at least 4 members (excludes halogenated alkanes) is 3. The minimum absolute atomic E-state index is 0.0745. The smallest absolute Gasteiger partial charge is 0.242 e. The molecule has 106 valence electrons. The lowest BCUT2D eigenvalue weighted by molar-refractivity contribution is -0.121. The van der Waals surface area contributed by atoms with Gasteiger partial charge in [-0.2, -0.15) is 0 Å². The summed E-state index contributed by atoms with van der Waals surface area (Å²) in [5.74, 6) is 0.230. The van der Waals surface area contributed by atoms with Crippen molar-refractivity contribution in [3.63, 3.8) is 0 Å². The number of amides is 1. The molecule has 18 heavy (non-hydrogen) atoms. The Hall–Kier alpha value is -1.26. The fraction of sp³-hybridized carbons (Fsp3) is 0.846. The Kier molecular flexibility index (Phi) is 8.16. The molecule has 0 aromatic rings. The van der Waals surface area contributed by atoms with E-state index in [9.17, 15) is 4.79 Å². The molecule has 0 saturated heterocycles. The molecule has 0 atom stereocenters. The minimum atomic E-state index is -0.227. The normalized spacial score (nSPS) is 12.3. The molecule has 0 aliphatic rings. The molecule has 0 rings (SSSR count). The number of nitrogens with zero attached hydrogens (tertiary/aromatic N) is 1. The third-order valence-electron chi connectivity index (χ3n) is 2.24. The number of nitrogens with two attached hydrogens (primary N) is 1. The Morgan fingerprint density at radius 2 is 1.89 bits per heavy atom. The average molecular weight is 256 g/mol. The number of nitrogens with one attached hydrogen (secondary N) is 2. The van der Waals surface area contributed by atoms with E-state index < -0.39 is 0 Å². The lowest BCUT2D eigenvalue weighted by atomic mass is 10.1. The lowest BCUT2D eigenvalue weighted by Gasteiger charge is -2.19. The Bertz CT molecular complexity index is 269. The number of carbonyl (C=O) groups is 1. The van der Waals surface area contributed by atoms with Crippen LogP contribution in [0.15, 0.2) is 4.99 Å². The van der Waals surface area contributed by atoms with Crippen molar-refractivity contribution in [2.45, 2.75) is 58.9 Å². The summed E-state index contributed by atoms with van der Waals surface area (Å²) in [6, 6.07) is 0. The van der Waals surface area contributed by atoms with Gasteiger partial charge in [-0.15, -0.1) is 0 Å². The van der Waals surface area contributed by atoms with Gasteiger partial charge in [0.1, 0.15) is 6.54 Å². The summed E-state index contributed by atoms with van der Waals surface area (Å²) in [6.07, 6.45) is 4.74. The highest BCUT2D eigenvalue weighted by atomic mass is 16.2. The van der Waals surface area contributed by atoms with Crippen LogP contribution in [0.1, 0.15) is 53.4 Å². The van der Waals surface area contributed by atoms with Crippen LogP contribution in [0.4, 0.5) is 0 Å². The molecular weight excluding hydrogens is 228 g/mol. The second kappa shape index (κ2) is 8.78. The Balaban J connectivity index is 3.73. The highest BCUT2D eigenvalue weighted by Gasteiger charge is 2.12. The molecule has 0 saturated carbocycles. The zero-order valence-corrected chi connectivity index (χ0v) is 12.2. The van der Waals surface area contributed by atoms with Gasteiger partial charge in [-0.25, -0.2) is 4.99 Å². The number of aliphatic imine (C=N–C) groups is 1. The predicted molar refractivity (Wildman–Crippen MR) is 76.5 cm³/mol. The van der Waals surface area contributed by atoms with Gasteiger partial charge in [0.25, 0.3) is 0 Å². The van der Waals surface area contributed by atoms with Gasteiger partial charge in [0.15, 0.2) is 5.96 Å². The first-order chi connectivity index (χ1) is 8.35. The van der Waals surface area contributed by atoms with Crippen molar-refractivity contribution in [2.24, 2.45) is 10.7 Å². The Morgan fingerprint density at radius 3 is 2.44 bits per heavy atom. The third-order valence-corrected chi connectivity index (χ3v) is 2.24. The first-order valence-corrected chi connectivity index (χ1v) is 6.70. The van der Waals surface area contributed by atoms with Crippen molar-refractivity contribution in [2.75, 3.05) is 13.1 Å². The van der Waals surface area contributed by atoms with E-state index in [1.807, 2.05) is 20.8 Å². The maximum absolute atomic E-state index is 11.5. The fourth-order valence-electron chi connectivity index (χ4n) is 1.44. The zero-order chi connectivity index (χ0) is 14.0. The van der Waals surface area contributed by atoms with Gasteiger partial charge in [0.05, 0.1) is 0 Å². The predicted octanol–water partition coefficient (Wildman–Crippen LogP) is 1.39. The summed E-state index contributed by atoms with van der Waals surface area (Å²) in [7, 11) is 0. The van der Waals surface area contributed by atoms with E-state index in [0.717, 1.165) is 13.0 Å². The number of hydrogen-bond donors (Lipinski definition) is 3. The van der Waals surface area contributed by atoms with Crippen molar-refractivity contribution >= 4 is 11.9 Å². The number of guanidine groups is 1. The van der Waals surface area contributed by atoms with E-state index in [1.54, 1.807) is 0 Å². The monoisotopic (exact) mass is 256 g/mol. The quantitative estimate of drug-likeness (QED) is 0.366. The van der Waals surface area contributed by atoms with Gasteiger partial charge in [0.2, 0.25) is 5.91 Å². The molecule has 0 radical (unpaired) electrons. The van der Waals surface area contributed by atoms with Crippen molar-refractivity contribution in [1.29, 1.82) is 0 Å². The lowest BCUT2D eigenvalue weighted by Crippen LogP contribution is -2.42. The number of hydrogen-bond acceptors (Lipinski definition) is 2. The van der Waals surface area contributed by atoms with Crippen LogP contribution in [0, 0.1) is 0 Å². The minimum Gasteiger partial charge on any atom is -0.370 e. The van der Waals surface area contributed by atoms with Gasteiger partial charge in [-0.3, -0.25) is 4.79 Å². The largest absolute Gasteiger partial charge is 0.370 e. The second-order valence-electron chi connectivity index (χ2n) is 5.49. The molecule has 0 spiro atoms. The standard InChI is InChI=1S/C13H28N4O/c1-5-6-7-8-9-15-12(14)16-10-11(18)17-13(2,3)4/h5-10H2,1-4H3,(H,17,18)(H3,14,15,16). The maximum atomic E-state index is 11.5. The van der Waals surface area contributed by atoms with Crippen LogP contribution in [0.3, 0.4) is 0 Å². The second-order valence-corrected chi connectivity index (χ2v) is 5.49. The first-order valence-electron chi connectivity index (χ1n) is 6.70. The van der Waals surface area contributed by atoms with E-state index in [1.165, 1.54) is 19.3 Å². The Labute approximate surface area is 111 Å². The van der Waals surface area contributed by atoms with Gasteiger partial charge < -0.3 is 16.4 Å². The third kappa shape index (κ3) is 11.2. The molecule has 0 bridgehead atoms. The first kappa shape index (κ1) is 16.7. The summed E-state index contributed by atoms with van der Waals surface area (Å²) in [4.78, 5) is 15.5. The summed E-state index contributed by atoms with van der Waals surface area (Å²) in [5.41, 5.74) is 5.43. The van der Waals surface area contributed by atoms with E-state index in [0.29, 0.717) is 5.96 Å². The molecular formula is C13H28N4O. The summed E-state index contributed by atoms with van der Waals surface area (Å²) < 4.78 is 0. The molecule has 0 aromatic carbocycles. The molecule has 4 N–H and O–H groups in total. The molecule has 1 amide bonds. The van der Waals surface area contributed by atoms with Crippen LogP contribution < -0.4 is 16.4 Å². The highest BCUT2D eigenvalue weighted by Crippen LogP contribution is 1.98. The topological polar surface area (TPSA) is 79.5 Å². The van der Waals surface area contributed by atoms with Gasteiger partial charge >= 0.3 is 0 Å².